The van der Waals surface area contributed by atoms with Crippen molar-refractivity contribution >= 4 is 23.1 Å². The van der Waals surface area contributed by atoms with Crippen LogP contribution in [0.2, 0.25) is 0 Å². The molecule has 7 heteroatoms. The number of thioether (sulfide) groups is 1. The molecule has 0 radical (unpaired) electrons. The van der Waals surface area contributed by atoms with Crippen LogP contribution in [0.1, 0.15) is 5.56 Å². The maximum Gasteiger partial charge on any atom is 0.305 e. The lowest BCUT2D eigenvalue weighted by molar-refractivity contribution is -0.387. The highest BCUT2D eigenvalue weighted by Gasteiger charge is 2.17. The average molecular weight is 279 g/mol. The summed E-state index contributed by atoms with van der Waals surface area (Å²) in [4.78, 5) is 14.0. The highest BCUT2D eigenvalue weighted by atomic mass is 32.2. The maximum absolute atomic E-state index is 13.8. The minimum absolute atomic E-state index is 0.231. The number of hydrogen-bond acceptors (Lipinski definition) is 5. The fraction of sp³-hybridized carbons (Fsp3) is 0.0833. The Bertz CT molecular complexity index is 622. The van der Waals surface area contributed by atoms with Crippen molar-refractivity contribution < 1.29 is 9.31 Å². The molecule has 0 saturated carbocycles. The summed E-state index contributed by atoms with van der Waals surface area (Å²) in [5.41, 5.74) is 5.95. The molecule has 1 heterocycles. The Labute approximate surface area is 112 Å². The van der Waals surface area contributed by atoms with Crippen LogP contribution in [0.3, 0.4) is 0 Å². The zero-order chi connectivity index (χ0) is 13.8. The van der Waals surface area contributed by atoms with Crippen molar-refractivity contribution in [2.24, 2.45) is 0 Å². The van der Waals surface area contributed by atoms with Crippen LogP contribution in [0.5, 0.6) is 0 Å². The molecule has 0 aliphatic rings. The molecule has 0 aliphatic heterocycles. The van der Waals surface area contributed by atoms with Gasteiger partial charge in [-0.25, -0.2) is 4.98 Å². The number of benzene rings is 1. The van der Waals surface area contributed by atoms with Crippen molar-refractivity contribution in [3.8, 4) is 0 Å². The number of nitro benzene ring substituents is 1. The molecule has 2 N–H and O–H groups in total. The number of hydrogen-bond donors (Lipinski definition) is 1. The molecule has 98 valence electrons. The van der Waals surface area contributed by atoms with Crippen molar-refractivity contribution in [1.29, 1.82) is 0 Å². The summed E-state index contributed by atoms with van der Waals surface area (Å²) in [6.07, 6.45) is 1.59. The molecule has 5 nitrogen and oxygen atoms in total. The summed E-state index contributed by atoms with van der Waals surface area (Å²) in [5, 5.41) is 11.2. The summed E-state index contributed by atoms with van der Waals surface area (Å²) < 4.78 is 13.8. The zero-order valence-electron chi connectivity index (χ0n) is 9.75. The Morgan fingerprint density at radius 2 is 2.16 bits per heavy atom. The third kappa shape index (κ3) is 3.00. The second-order valence-electron chi connectivity index (χ2n) is 3.69. The molecule has 0 bridgehead atoms. The van der Waals surface area contributed by atoms with Gasteiger partial charge in [-0.2, -0.15) is 4.39 Å². The molecule has 2 aromatic rings. The first kappa shape index (κ1) is 13.3. The van der Waals surface area contributed by atoms with Crippen LogP contribution in [0.25, 0.3) is 0 Å². The number of pyridine rings is 1. The van der Waals surface area contributed by atoms with Gasteiger partial charge in [0, 0.05) is 23.6 Å². The lowest BCUT2D eigenvalue weighted by atomic mass is 10.2. The number of rotatable bonds is 4. The standard InChI is InChI=1S/C12H10FN3O2S/c13-11-8(3-1-5-10(11)16(17)18)7-19-12-9(14)4-2-6-15-12/h1-6H,7,14H2. The topological polar surface area (TPSA) is 82.0 Å². The van der Waals surface area contributed by atoms with Crippen molar-refractivity contribution in [1.82, 2.24) is 4.98 Å². The van der Waals surface area contributed by atoms with E-state index in [2.05, 4.69) is 4.98 Å². The molecule has 0 amide bonds. The number of aromatic nitrogens is 1. The first-order valence-corrected chi connectivity index (χ1v) is 6.33. The van der Waals surface area contributed by atoms with Crippen molar-refractivity contribution in [2.75, 3.05) is 5.73 Å². The smallest absolute Gasteiger partial charge is 0.305 e. The van der Waals surface area contributed by atoms with E-state index >= 15 is 0 Å². The van der Waals surface area contributed by atoms with Crippen LogP contribution in [0.4, 0.5) is 15.8 Å². The summed E-state index contributed by atoms with van der Waals surface area (Å²) in [5.74, 6) is -0.580. The number of anilines is 1. The van der Waals surface area contributed by atoms with Crippen molar-refractivity contribution in [3.63, 3.8) is 0 Å². The highest BCUT2D eigenvalue weighted by Crippen LogP contribution is 2.29. The van der Waals surface area contributed by atoms with Gasteiger partial charge in [0.25, 0.3) is 0 Å². The number of nitrogens with zero attached hydrogens (tertiary/aromatic N) is 2. The Morgan fingerprint density at radius 3 is 2.84 bits per heavy atom. The average Bonchev–Trinajstić information content (AvgIpc) is 2.39. The lowest BCUT2D eigenvalue weighted by Gasteiger charge is -2.05. The van der Waals surface area contributed by atoms with Gasteiger partial charge in [0.15, 0.2) is 0 Å². The number of nitrogens with two attached hydrogens (primary N) is 1. The third-order valence-electron chi connectivity index (χ3n) is 2.42. The molecule has 0 aliphatic carbocycles. The first-order chi connectivity index (χ1) is 9.09. The predicted octanol–water partition coefficient (Wildman–Crippen LogP) is 3.00. The van der Waals surface area contributed by atoms with Gasteiger partial charge in [-0.05, 0) is 12.1 Å². The molecule has 2 rings (SSSR count). The largest absolute Gasteiger partial charge is 0.397 e. The first-order valence-electron chi connectivity index (χ1n) is 5.34. The Kier molecular flexibility index (Phi) is 3.96. The minimum atomic E-state index is -0.811. The molecule has 0 fully saturated rings. The van der Waals surface area contributed by atoms with Crippen LogP contribution >= 0.6 is 11.8 Å². The van der Waals surface area contributed by atoms with E-state index in [9.17, 15) is 14.5 Å². The summed E-state index contributed by atoms with van der Waals surface area (Å²) >= 11 is 1.24. The van der Waals surface area contributed by atoms with E-state index in [4.69, 9.17) is 5.73 Å². The van der Waals surface area contributed by atoms with E-state index in [1.807, 2.05) is 0 Å². The fourth-order valence-electron chi connectivity index (χ4n) is 1.49. The monoisotopic (exact) mass is 279 g/mol. The van der Waals surface area contributed by atoms with Crippen LogP contribution in [0, 0.1) is 15.9 Å². The van der Waals surface area contributed by atoms with Gasteiger partial charge >= 0.3 is 5.69 Å². The van der Waals surface area contributed by atoms with Gasteiger partial charge in [-0.3, -0.25) is 10.1 Å². The molecule has 1 aromatic heterocycles. The normalized spacial score (nSPS) is 10.4. The fourth-order valence-corrected chi connectivity index (χ4v) is 2.37. The SMILES string of the molecule is Nc1cccnc1SCc1cccc([N+](=O)[O-])c1F. The van der Waals surface area contributed by atoms with Gasteiger partial charge in [-0.1, -0.05) is 23.9 Å². The zero-order valence-corrected chi connectivity index (χ0v) is 10.6. The van der Waals surface area contributed by atoms with Gasteiger partial charge in [0.2, 0.25) is 5.82 Å². The maximum atomic E-state index is 13.8. The third-order valence-corrected chi connectivity index (χ3v) is 3.49. The molecule has 0 spiro atoms. The quantitative estimate of drug-likeness (QED) is 0.528. The second-order valence-corrected chi connectivity index (χ2v) is 4.66. The lowest BCUT2D eigenvalue weighted by Crippen LogP contribution is -1.97. The van der Waals surface area contributed by atoms with Crippen LogP contribution < -0.4 is 5.73 Å². The molecular weight excluding hydrogens is 269 g/mol. The second kappa shape index (κ2) is 5.66. The van der Waals surface area contributed by atoms with E-state index in [1.54, 1.807) is 18.3 Å². The number of nitrogen functional groups attached to an aromatic ring is 1. The van der Waals surface area contributed by atoms with Gasteiger partial charge in [0.1, 0.15) is 5.03 Å². The Hall–Kier alpha value is -2.15. The Balaban J connectivity index is 2.19. The van der Waals surface area contributed by atoms with E-state index < -0.39 is 16.4 Å². The minimum Gasteiger partial charge on any atom is -0.397 e. The van der Waals surface area contributed by atoms with Crippen LogP contribution in [-0.2, 0) is 5.75 Å². The molecule has 0 atom stereocenters. The molecule has 0 saturated heterocycles. The number of halogens is 1. The van der Waals surface area contributed by atoms with E-state index in [1.165, 1.54) is 23.9 Å². The van der Waals surface area contributed by atoms with Crippen molar-refractivity contribution in [2.45, 2.75) is 10.8 Å². The van der Waals surface area contributed by atoms with E-state index in [0.717, 1.165) is 6.07 Å². The summed E-state index contributed by atoms with van der Waals surface area (Å²) in [7, 11) is 0. The Morgan fingerprint density at radius 1 is 1.37 bits per heavy atom. The van der Waals surface area contributed by atoms with Crippen LogP contribution in [-0.4, -0.2) is 9.91 Å². The number of nitro groups is 1. The van der Waals surface area contributed by atoms with Gasteiger partial charge in [0.05, 0.1) is 10.6 Å². The predicted molar refractivity (Wildman–Crippen MR) is 71.3 cm³/mol. The van der Waals surface area contributed by atoms with Gasteiger partial charge in [-0.15, -0.1) is 0 Å². The highest BCUT2D eigenvalue weighted by molar-refractivity contribution is 7.98. The van der Waals surface area contributed by atoms with Crippen molar-refractivity contribution in [3.05, 3.63) is 58.0 Å². The summed E-state index contributed by atoms with van der Waals surface area (Å²) in [6.45, 7) is 0. The molecule has 0 unspecified atom stereocenters. The molecular formula is C12H10FN3O2S. The van der Waals surface area contributed by atoms with Crippen LogP contribution in [0.15, 0.2) is 41.6 Å². The summed E-state index contributed by atoms with van der Waals surface area (Å²) in [6, 6.07) is 7.50. The molecule has 19 heavy (non-hydrogen) atoms. The molecule has 1 aromatic carbocycles. The van der Waals surface area contributed by atoms with Gasteiger partial charge < -0.3 is 5.73 Å². The van der Waals surface area contributed by atoms with E-state index in [-0.39, 0.29) is 11.3 Å². The van der Waals surface area contributed by atoms with E-state index in [0.29, 0.717) is 10.7 Å².